The second-order valence-corrected chi connectivity index (χ2v) is 6.73. The normalized spacial score (nSPS) is 13.6. The van der Waals surface area contributed by atoms with Gasteiger partial charge in [-0.25, -0.2) is 0 Å². The Bertz CT molecular complexity index is 494. The zero-order chi connectivity index (χ0) is 17.8. The maximum atomic E-state index is 6.30. The quantitative estimate of drug-likeness (QED) is 0.445. The minimum atomic E-state index is 0.730. The third kappa shape index (κ3) is 8.42. The summed E-state index contributed by atoms with van der Waals surface area (Å²) in [6.07, 6.45) is 7.79. The molecule has 0 radical (unpaired) electrons. The number of hydrogen-bond acceptors (Lipinski definition) is 0. The van der Waals surface area contributed by atoms with Crippen molar-refractivity contribution in [1.82, 2.24) is 0 Å². The summed E-state index contributed by atoms with van der Waals surface area (Å²) in [4.78, 5) is 0. The molecule has 0 aliphatic rings. The molecule has 1 rings (SSSR count). The average molecular weight is 335 g/mol. The minimum Gasteiger partial charge on any atom is -0.0840 e. The van der Waals surface area contributed by atoms with Gasteiger partial charge in [0.25, 0.3) is 0 Å². The summed E-state index contributed by atoms with van der Waals surface area (Å²) in [7, 11) is 0. The molecule has 0 heterocycles. The largest absolute Gasteiger partial charge is 0.0840 e. The van der Waals surface area contributed by atoms with Crippen LogP contribution >= 0.6 is 11.6 Å². The molecule has 0 aromatic heterocycles. The van der Waals surface area contributed by atoms with E-state index < -0.39 is 0 Å². The van der Waals surface area contributed by atoms with Crippen LogP contribution in [0.5, 0.6) is 0 Å². The van der Waals surface area contributed by atoms with E-state index in [1.807, 2.05) is 33.8 Å². The molecule has 0 N–H and O–H groups in total. The topological polar surface area (TPSA) is 0 Å². The highest BCUT2D eigenvalue weighted by atomic mass is 35.5. The second kappa shape index (κ2) is 12.4. The molecule has 1 unspecified atom stereocenters. The molecular formula is C22H35Cl. The SMILES string of the molecule is C/C=C(\C(Cl)=C/C)c1cccc(CC(C)CCC(C)C)c1.CC. The zero-order valence-corrected chi connectivity index (χ0v) is 16.9. The number of rotatable bonds is 7. The number of halogens is 1. The second-order valence-electron chi connectivity index (χ2n) is 6.32. The van der Waals surface area contributed by atoms with Crippen molar-refractivity contribution in [1.29, 1.82) is 0 Å². The molecule has 0 spiro atoms. The van der Waals surface area contributed by atoms with Crippen LogP contribution in [0.15, 0.2) is 41.4 Å². The lowest BCUT2D eigenvalue weighted by atomic mass is 9.92. The molecule has 23 heavy (non-hydrogen) atoms. The summed E-state index contributed by atoms with van der Waals surface area (Å²) in [5, 5.41) is 0.822. The van der Waals surface area contributed by atoms with E-state index in [-0.39, 0.29) is 0 Å². The molecule has 1 atom stereocenters. The van der Waals surface area contributed by atoms with Gasteiger partial charge in [-0.1, -0.05) is 95.5 Å². The summed E-state index contributed by atoms with van der Waals surface area (Å²) in [5.74, 6) is 1.52. The van der Waals surface area contributed by atoms with Gasteiger partial charge in [-0.3, -0.25) is 0 Å². The van der Waals surface area contributed by atoms with E-state index in [2.05, 4.69) is 51.1 Å². The molecular weight excluding hydrogens is 300 g/mol. The molecule has 1 aromatic rings. The van der Waals surface area contributed by atoms with Crippen LogP contribution in [0.3, 0.4) is 0 Å². The van der Waals surface area contributed by atoms with Crippen molar-refractivity contribution >= 4 is 17.2 Å². The summed E-state index contributed by atoms with van der Waals surface area (Å²) in [6.45, 7) is 15.0. The lowest BCUT2D eigenvalue weighted by Gasteiger charge is -2.14. The number of allylic oxidation sites excluding steroid dienone is 4. The van der Waals surface area contributed by atoms with Crippen molar-refractivity contribution in [3.63, 3.8) is 0 Å². The molecule has 0 aliphatic heterocycles. The van der Waals surface area contributed by atoms with Crippen LogP contribution in [0.25, 0.3) is 5.57 Å². The van der Waals surface area contributed by atoms with Gasteiger partial charge in [-0.15, -0.1) is 0 Å². The third-order valence-electron chi connectivity index (χ3n) is 3.86. The standard InChI is InChI=1S/C20H29Cl.C2H6/c1-6-19(20(21)7-2)18-10-8-9-17(14-18)13-16(5)12-11-15(3)4;1-2/h6-10,14-16H,11-13H2,1-5H3;1-2H3/b19-6-,20-7+;. The van der Waals surface area contributed by atoms with Crippen LogP contribution < -0.4 is 0 Å². The van der Waals surface area contributed by atoms with Crippen LogP contribution in [0.2, 0.25) is 0 Å². The summed E-state index contributed by atoms with van der Waals surface area (Å²) >= 11 is 6.30. The Hall–Kier alpha value is -1.01. The minimum absolute atomic E-state index is 0.730. The Kier molecular flexibility index (Phi) is 11.9. The fraction of sp³-hybridized carbons (Fsp3) is 0.545. The first-order valence-electron chi connectivity index (χ1n) is 9.05. The summed E-state index contributed by atoms with van der Waals surface area (Å²) in [5.41, 5.74) is 3.74. The zero-order valence-electron chi connectivity index (χ0n) is 16.1. The van der Waals surface area contributed by atoms with Crippen molar-refractivity contribution in [2.24, 2.45) is 11.8 Å². The van der Waals surface area contributed by atoms with Gasteiger partial charge in [0.05, 0.1) is 0 Å². The summed E-state index contributed by atoms with van der Waals surface area (Å²) in [6, 6.07) is 8.80. The van der Waals surface area contributed by atoms with Gasteiger partial charge in [-0.2, -0.15) is 0 Å². The van der Waals surface area contributed by atoms with E-state index in [1.165, 1.54) is 24.0 Å². The first-order valence-corrected chi connectivity index (χ1v) is 9.43. The van der Waals surface area contributed by atoms with Crippen molar-refractivity contribution in [2.75, 3.05) is 0 Å². The molecule has 0 amide bonds. The molecule has 0 fully saturated rings. The molecule has 1 aromatic carbocycles. The monoisotopic (exact) mass is 334 g/mol. The number of hydrogen-bond donors (Lipinski definition) is 0. The predicted octanol–water partition coefficient (Wildman–Crippen LogP) is 7.87. The van der Waals surface area contributed by atoms with E-state index in [9.17, 15) is 0 Å². The highest BCUT2D eigenvalue weighted by molar-refractivity contribution is 6.36. The molecule has 0 bridgehead atoms. The van der Waals surface area contributed by atoms with Crippen molar-refractivity contribution in [2.45, 2.75) is 67.7 Å². The van der Waals surface area contributed by atoms with E-state index in [0.29, 0.717) is 0 Å². The smallest absolute Gasteiger partial charge is 0.0438 e. The molecule has 130 valence electrons. The Morgan fingerprint density at radius 2 is 1.70 bits per heavy atom. The van der Waals surface area contributed by atoms with Gasteiger partial charge in [0.2, 0.25) is 0 Å². The van der Waals surface area contributed by atoms with Crippen molar-refractivity contribution in [3.05, 3.63) is 52.6 Å². The highest BCUT2D eigenvalue weighted by Crippen LogP contribution is 2.27. The Balaban J connectivity index is 0.00000232. The third-order valence-corrected chi connectivity index (χ3v) is 4.28. The molecule has 0 saturated heterocycles. The van der Waals surface area contributed by atoms with Crippen LogP contribution in [0.4, 0.5) is 0 Å². The van der Waals surface area contributed by atoms with Gasteiger partial charge < -0.3 is 0 Å². The van der Waals surface area contributed by atoms with Gasteiger partial charge >= 0.3 is 0 Å². The fourth-order valence-corrected chi connectivity index (χ4v) is 2.80. The van der Waals surface area contributed by atoms with Gasteiger partial charge in [0.1, 0.15) is 0 Å². The van der Waals surface area contributed by atoms with Gasteiger partial charge in [0.15, 0.2) is 0 Å². The maximum absolute atomic E-state index is 6.30. The summed E-state index contributed by atoms with van der Waals surface area (Å²) < 4.78 is 0. The molecule has 0 aliphatic carbocycles. The van der Waals surface area contributed by atoms with Gasteiger partial charge in [0, 0.05) is 5.03 Å². The lowest BCUT2D eigenvalue weighted by Crippen LogP contribution is -2.02. The fourth-order valence-electron chi connectivity index (χ4n) is 2.59. The number of benzene rings is 1. The Morgan fingerprint density at radius 3 is 2.22 bits per heavy atom. The van der Waals surface area contributed by atoms with E-state index in [0.717, 1.165) is 28.9 Å². The molecule has 0 nitrogen and oxygen atoms in total. The van der Waals surface area contributed by atoms with E-state index in [4.69, 9.17) is 11.6 Å². The molecule has 0 saturated carbocycles. The van der Waals surface area contributed by atoms with Crippen molar-refractivity contribution < 1.29 is 0 Å². The maximum Gasteiger partial charge on any atom is 0.0438 e. The van der Waals surface area contributed by atoms with Crippen LogP contribution in [-0.2, 0) is 6.42 Å². The van der Waals surface area contributed by atoms with Gasteiger partial charge in [-0.05, 0) is 48.8 Å². The first-order chi connectivity index (χ1) is 11.0. The Labute approximate surface area is 149 Å². The van der Waals surface area contributed by atoms with E-state index >= 15 is 0 Å². The van der Waals surface area contributed by atoms with Crippen LogP contribution in [0, 0.1) is 11.8 Å². The first kappa shape index (κ1) is 22.0. The van der Waals surface area contributed by atoms with E-state index in [1.54, 1.807) is 0 Å². The Morgan fingerprint density at radius 1 is 1.04 bits per heavy atom. The lowest BCUT2D eigenvalue weighted by molar-refractivity contribution is 0.448. The van der Waals surface area contributed by atoms with Crippen LogP contribution in [-0.4, -0.2) is 0 Å². The molecule has 1 heteroatoms. The van der Waals surface area contributed by atoms with Crippen LogP contribution in [0.1, 0.15) is 72.4 Å². The average Bonchev–Trinajstić information content (AvgIpc) is 2.55. The van der Waals surface area contributed by atoms with Crippen molar-refractivity contribution in [3.8, 4) is 0 Å². The predicted molar refractivity (Wildman–Crippen MR) is 108 cm³/mol. The highest BCUT2D eigenvalue weighted by Gasteiger charge is 2.08.